The third kappa shape index (κ3) is 5.36. The summed E-state index contributed by atoms with van der Waals surface area (Å²) in [6.07, 6.45) is 8.19. The van der Waals surface area contributed by atoms with E-state index >= 15 is 0 Å². The Hall–Kier alpha value is -2.93. The van der Waals surface area contributed by atoms with E-state index in [9.17, 15) is 4.39 Å². The number of fused-ring (bicyclic) bond motifs is 1. The van der Waals surface area contributed by atoms with Gasteiger partial charge in [-0.2, -0.15) is 0 Å². The first-order chi connectivity index (χ1) is 16.1. The molecule has 0 saturated carbocycles. The molecule has 0 unspecified atom stereocenters. The van der Waals surface area contributed by atoms with Crippen LogP contribution in [0.15, 0.2) is 42.7 Å². The Morgan fingerprint density at radius 1 is 1.06 bits per heavy atom. The fourth-order valence-electron chi connectivity index (χ4n) is 4.64. The van der Waals surface area contributed by atoms with Crippen LogP contribution in [0.25, 0.3) is 10.9 Å². The lowest BCUT2D eigenvalue weighted by Gasteiger charge is -2.39. The van der Waals surface area contributed by atoms with Crippen molar-refractivity contribution >= 4 is 22.4 Å². The Morgan fingerprint density at radius 2 is 1.82 bits per heavy atom. The monoisotopic (exact) mass is 451 g/mol. The van der Waals surface area contributed by atoms with Crippen molar-refractivity contribution in [2.24, 2.45) is 0 Å². The average molecular weight is 452 g/mol. The first-order valence-corrected chi connectivity index (χ1v) is 12.0. The quantitative estimate of drug-likeness (QED) is 0.451. The van der Waals surface area contributed by atoms with Gasteiger partial charge in [0.05, 0.1) is 10.9 Å². The number of piperidine rings is 1. The third-order valence-electron chi connectivity index (χ3n) is 6.34. The van der Waals surface area contributed by atoms with Crippen LogP contribution in [0.5, 0.6) is 11.5 Å². The molecule has 3 heterocycles. The van der Waals surface area contributed by atoms with Gasteiger partial charge in [-0.15, -0.1) is 0 Å². The van der Waals surface area contributed by atoms with Gasteiger partial charge in [-0.25, -0.2) is 9.37 Å². The lowest BCUT2D eigenvalue weighted by Crippen LogP contribution is -2.45. The van der Waals surface area contributed by atoms with Gasteiger partial charge in [-0.05, 0) is 57.0 Å². The maximum atomic E-state index is 14.4. The number of rotatable bonds is 9. The highest BCUT2D eigenvalue weighted by molar-refractivity contribution is 5.86. The Morgan fingerprint density at radius 3 is 2.48 bits per heavy atom. The van der Waals surface area contributed by atoms with Gasteiger partial charge in [0.15, 0.2) is 11.6 Å². The molecule has 1 aliphatic rings. The van der Waals surface area contributed by atoms with Gasteiger partial charge >= 0.3 is 0 Å². The Kier molecular flexibility index (Phi) is 7.60. The zero-order valence-electron chi connectivity index (χ0n) is 19.9. The number of nitrogens with zero attached hydrogens (tertiary/aromatic N) is 4. The Bertz CT molecular complexity index is 1060. The molecule has 2 aromatic heterocycles. The number of nitrogens with one attached hydrogen (secondary N) is 1. The smallest absolute Gasteiger partial charge is 0.167 e. The molecule has 0 spiro atoms. The molecule has 1 aliphatic heterocycles. The summed E-state index contributed by atoms with van der Waals surface area (Å²) in [6.45, 7) is 8.86. The van der Waals surface area contributed by atoms with Crippen molar-refractivity contribution in [3.63, 3.8) is 0 Å². The summed E-state index contributed by atoms with van der Waals surface area (Å²) in [6, 6.07) is 9.24. The maximum Gasteiger partial charge on any atom is 0.167 e. The normalized spacial score (nSPS) is 14.8. The van der Waals surface area contributed by atoms with Gasteiger partial charge in [0, 0.05) is 56.4 Å². The van der Waals surface area contributed by atoms with Crippen LogP contribution in [0, 0.1) is 5.82 Å². The first-order valence-electron chi connectivity index (χ1n) is 12.0. The van der Waals surface area contributed by atoms with E-state index < -0.39 is 5.82 Å². The average Bonchev–Trinajstić information content (AvgIpc) is 2.85. The summed E-state index contributed by atoms with van der Waals surface area (Å²) in [7, 11) is 1.75. The van der Waals surface area contributed by atoms with Crippen LogP contribution in [0.2, 0.25) is 0 Å². The molecule has 0 bridgehead atoms. The molecule has 7 heteroatoms. The van der Waals surface area contributed by atoms with Crippen LogP contribution in [0.1, 0.15) is 39.5 Å². The van der Waals surface area contributed by atoms with E-state index in [1.807, 2.05) is 6.07 Å². The highest BCUT2D eigenvalue weighted by Gasteiger charge is 2.24. The molecule has 0 aliphatic carbocycles. The van der Waals surface area contributed by atoms with Gasteiger partial charge in [0.1, 0.15) is 11.6 Å². The van der Waals surface area contributed by atoms with E-state index in [0.717, 1.165) is 42.7 Å². The topological polar surface area (TPSA) is 53.5 Å². The van der Waals surface area contributed by atoms with Crippen molar-refractivity contribution < 1.29 is 9.13 Å². The van der Waals surface area contributed by atoms with Crippen LogP contribution in [-0.2, 0) is 0 Å². The fourth-order valence-corrected chi connectivity index (χ4v) is 4.64. The van der Waals surface area contributed by atoms with Gasteiger partial charge < -0.3 is 19.9 Å². The molecule has 3 aromatic rings. The number of anilines is 2. The van der Waals surface area contributed by atoms with E-state index in [0.29, 0.717) is 17.5 Å². The molecule has 176 valence electrons. The minimum absolute atomic E-state index is 0.177. The zero-order chi connectivity index (χ0) is 23.2. The van der Waals surface area contributed by atoms with Gasteiger partial charge in [0.2, 0.25) is 0 Å². The molecule has 1 aromatic carbocycles. The summed E-state index contributed by atoms with van der Waals surface area (Å²) in [5.74, 6) is 1.24. The van der Waals surface area contributed by atoms with Crippen molar-refractivity contribution in [3.8, 4) is 11.5 Å². The third-order valence-corrected chi connectivity index (χ3v) is 6.34. The second-order valence-corrected chi connectivity index (χ2v) is 8.62. The van der Waals surface area contributed by atoms with Crippen LogP contribution >= 0.6 is 0 Å². The SMILES string of the molecule is CCCN(CCC)C1CCN(c2cc3nccc(Oc4ccc(NC)cc4F)c3cn2)CC1. The summed E-state index contributed by atoms with van der Waals surface area (Å²) in [5.41, 5.74) is 1.49. The second kappa shape index (κ2) is 10.8. The van der Waals surface area contributed by atoms with Crippen molar-refractivity contribution in [2.45, 2.75) is 45.6 Å². The summed E-state index contributed by atoms with van der Waals surface area (Å²) in [4.78, 5) is 14.2. The molecule has 0 amide bonds. The lowest BCUT2D eigenvalue weighted by atomic mass is 10.0. The van der Waals surface area contributed by atoms with Crippen LogP contribution in [0.4, 0.5) is 15.9 Å². The number of pyridine rings is 2. The standard InChI is InChI=1S/C26H34FN5O/c1-4-12-31(13-5-2)20-9-14-32(15-10-20)26-17-23-21(18-30-26)24(8-11-29-23)33-25-7-6-19(28-3)16-22(25)27/h6-8,11,16-18,20,28H,4-5,9-10,12-15H2,1-3H3. The summed E-state index contributed by atoms with van der Waals surface area (Å²) < 4.78 is 20.3. The molecule has 1 fully saturated rings. The second-order valence-electron chi connectivity index (χ2n) is 8.62. The highest BCUT2D eigenvalue weighted by Crippen LogP contribution is 2.32. The van der Waals surface area contributed by atoms with Crippen molar-refractivity contribution in [2.75, 3.05) is 43.4 Å². The van der Waals surface area contributed by atoms with Gasteiger partial charge in [-0.1, -0.05) is 13.8 Å². The molecule has 33 heavy (non-hydrogen) atoms. The fraction of sp³-hybridized carbons (Fsp3) is 0.462. The molecule has 6 nitrogen and oxygen atoms in total. The molecular formula is C26H34FN5O. The Balaban J connectivity index is 1.48. The highest BCUT2D eigenvalue weighted by atomic mass is 19.1. The van der Waals surface area contributed by atoms with E-state index in [4.69, 9.17) is 9.72 Å². The lowest BCUT2D eigenvalue weighted by molar-refractivity contribution is 0.169. The zero-order valence-corrected chi connectivity index (χ0v) is 19.9. The molecule has 1 saturated heterocycles. The molecular weight excluding hydrogens is 417 g/mol. The van der Waals surface area contributed by atoms with Gasteiger partial charge in [0.25, 0.3) is 0 Å². The van der Waals surface area contributed by atoms with E-state index in [-0.39, 0.29) is 5.75 Å². The van der Waals surface area contributed by atoms with Crippen molar-refractivity contribution in [1.82, 2.24) is 14.9 Å². The summed E-state index contributed by atoms with van der Waals surface area (Å²) in [5, 5.41) is 3.69. The number of aromatic nitrogens is 2. The predicted octanol–water partition coefficient (Wildman–Crippen LogP) is 5.69. The molecule has 4 rings (SSSR count). The summed E-state index contributed by atoms with van der Waals surface area (Å²) >= 11 is 0. The van der Waals surface area contributed by atoms with Gasteiger partial charge in [-0.3, -0.25) is 4.98 Å². The number of hydrogen-bond acceptors (Lipinski definition) is 6. The largest absolute Gasteiger partial charge is 0.453 e. The van der Waals surface area contributed by atoms with Crippen LogP contribution in [-0.4, -0.2) is 54.1 Å². The van der Waals surface area contributed by atoms with Crippen LogP contribution < -0.4 is 15.0 Å². The molecule has 0 atom stereocenters. The number of ether oxygens (including phenoxy) is 1. The van der Waals surface area contributed by atoms with E-state index in [1.165, 1.54) is 32.0 Å². The minimum Gasteiger partial charge on any atom is -0.453 e. The number of benzene rings is 1. The Labute approximate surface area is 195 Å². The molecule has 0 radical (unpaired) electrons. The first kappa shape index (κ1) is 23.2. The van der Waals surface area contributed by atoms with E-state index in [2.05, 4.69) is 33.9 Å². The predicted molar refractivity (Wildman–Crippen MR) is 133 cm³/mol. The van der Waals surface area contributed by atoms with Crippen molar-refractivity contribution in [3.05, 3.63) is 48.5 Å². The van der Waals surface area contributed by atoms with E-state index in [1.54, 1.807) is 37.6 Å². The minimum atomic E-state index is -0.417. The van der Waals surface area contributed by atoms with Crippen molar-refractivity contribution in [1.29, 1.82) is 0 Å². The number of hydrogen-bond donors (Lipinski definition) is 1. The number of halogens is 1. The van der Waals surface area contributed by atoms with Crippen LogP contribution in [0.3, 0.4) is 0 Å². The maximum absolute atomic E-state index is 14.4. The molecule has 1 N–H and O–H groups in total.